The van der Waals surface area contributed by atoms with Gasteiger partial charge in [-0.25, -0.2) is 4.98 Å². The van der Waals surface area contributed by atoms with Crippen LogP contribution in [0.3, 0.4) is 0 Å². The SMILES string of the molecule is Cc1nc2cccc(C)n2c1C(N)C(C)C. The third-order valence-electron chi connectivity index (χ3n) is 3.09. The number of aromatic nitrogens is 2. The summed E-state index contributed by atoms with van der Waals surface area (Å²) in [7, 11) is 0. The van der Waals surface area contributed by atoms with Crippen LogP contribution in [0.25, 0.3) is 5.65 Å². The molecule has 0 saturated carbocycles. The molecule has 3 nitrogen and oxygen atoms in total. The molecule has 0 aromatic carbocycles. The van der Waals surface area contributed by atoms with Gasteiger partial charge in [-0.2, -0.15) is 0 Å². The van der Waals surface area contributed by atoms with E-state index in [1.807, 2.05) is 19.1 Å². The average Bonchev–Trinajstić information content (AvgIpc) is 2.54. The maximum Gasteiger partial charge on any atom is 0.137 e. The summed E-state index contributed by atoms with van der Waals surface area (Å²) in [5.41, 5.74) is 10.6. The predicted octanol–water partition coefficient (Wildman–Crippen LogP) is 2.61. The third-order valence-corrected chi connectivity index (χ3v) is 3.09. The van der Waals surface area contributed by atoms with Gasteiger partial charge in [0.2, 0.25) is 0 Å². The fourth-order valence-corrected chi connectivity index (χ4v) is 2.10. The highest BCUT2D eigenvalue weighted by atomic mass is 15.0. The number of nitrogens with two attached hydrogens (primary N) is 1. The molecule has 2 rings (SSSR count). The Hall–Kier alpha value is -1.35. The van der Waals surface area contributed by atoms with Gasteiger partial charge < -0.3 is 5.73 Å². The summed E-state index contributed by atoms with van der Waals surface area (Å²) < 4.78 is 2.17. The van der Waals surface area contributed by atoms with E-state index < -0.39 is 0 Å². The Morgan fingerprint density at radius 2 is 1.94 bits per heavy atom. The number of imidazole rings is 1. The molecule has 2 N–H and O–H groups in total. The highest BCUT2D eigenvalue weighted by molar-refractivity contribution is 5.45. The van der Waals surface area contributed by atoms with Gasteiger partial charge in [0.25, 0.3) is 0 Å². The smallest absolute Gasteiger partial charge is 0.137 e. The van der Waals surface area contributed by atoms with Gasteiger partial charge in [-0.05, 0) is 31.9 Å². The standard InChI is InChI=1S/C13H19N3/c1-8(2)12(14)13-10(4)15-11-7-5-6-9(3)16(11)13/h5-8,12H,14H2,1-4H3. The first kappa shape index (κ1) is 11.1. The second kappa shape index (κ2) is 3.91. The van der Waals surface area contributed by atoms with Crippen molar-refractivity contribution in [1.82, 2.24) is 9.38 Å². The molecule has 0 radical (unpaired) electrons. The van der Waals surface area contributed by atoms with Crippen LogP contribution < -0.4 is 5.73 Å². The summed E-state index contributed by atoms with van der Waals surface area (Å²) in [5, 5.41) is 0. The maximum atomic E-state index is 6.26. The normalized spacial score (nSPS) is 13.6. The van der Waals surface area contributed by atoms with Crippen LogP contribution in [-0.4, -0.2) is 9.38 Å². The highest BCUT2D eigenvalue weighted by Gasteiger charge is 2.19. The lowest BCUT2D eigenvalue weighted by molar-refractivity contribution is 0.497. The summed E-state index contributed by atoms with van der Waals surface area (Å²) >= 11 is 0. The molecule has 1 atom stereocenters. The van der Waals surface area contributed by atoms with Crippen molar-refractivity contribution < 1.29 is 0 Å². The lowest BCUT2D eigenvalue weighted by atomic mass is 10.0. The second-order valence-electron chi connectivity index (χ2n) is 4.71. The molecule has 0 amide bonds. The van der Waals surface area contributed by atoms with Gasteiger partial charge in [0.05, 0.1) is 11.4 Å². The van der Waals surface area contributed by atoms with Gasteiger partial charge in [0.1, 0.15) is 5.65 Å². The van der Waals surface area contributed by atoms with Crippen LogP contribution in [0.1, 0.15) is 37.0 Å². The van der Waals surface area contributed by atoms with Gasteiger partial charge >= 0.3 is 0 Å². The summed E-state index contributed by atoms with van der Waals surface area (Å²) in [5.74, 6) is 0.415. The zero-order valence-electron chi connectivity index (χ0n) is 10.4. The summed E-state index contributed by atoms with van der Waals surface area (Å²) in [4.78, 5) is 4.56. The maximum absolute atomic E-state index is 6.26. The molecule has 2 aromatic rings. The van der Waals surface area contributed by atoms with Crippen LogP contribution in [0.4, 0.5) is 0 Å². The predicted molar refractivity (Wildman–Crippen MR) is 66.4 cm³/mol. The van der Waals surface area contributed by atoms with Crippen LogP contribution in [0.15, 0.2) is 18.2 Å². The Morgan fingerprint density at radius 3 is 2.56 bits per heavy atom. The molecule has 0 aliphatic heterocycles. The molecule has 0 aliphatic carbocycles. The van der Waals surface area contributed by atoms with E-state index >= 15 is 0 Å². The zero-order valence-corrected chi connectivity index (χ0v) is 10.4. The Balaban J connectivity index is 2.72. The van der Waals surface area contributed by atoms with Crippen LogP contribution in [0.5, 0.6) is 0 Å². The van der Waals surface area contributed by atoms with Crippen LogP contribution in [-0.2, 0) is 0 Å². The molecular weight excluding hydrogens is 198 g/mol. The first-order chi connectivity index (χ1) is 7.52. The molecule has 0 bridgehead atoms. The minimum absolute atomic E-state index is 0.0381. The van der Waals surface area contributed by atoms with Crippen molar-refractivity contribution in [3.8, 4) is 0 Å². The minimum atomic E-state index is 0.0381. The van der Waals surface area contributed by atoms with E-state index in [1.165, 1.54) is 5.69 Å². The average molecular weight is 217 g/mol. The molecule has 16 heavy (non-hydrogen) atoms. The van der Waals surface area contributed by atoms with Crippen LogP contribution in [0.2, 0.25) is 0 Å². The number of nitrogens with zero attached hydrogens (tertiary/aromatic N) is 2. The zero-order chi connectivity index (χ0) is 11.9. The molecule has 0 spiro atoms. The minimum Gasteiger partial charge on any atom is -0.322 e. The van der Waals surface area contributed by atoms with Crippen molar-refractivity contribution in [1.29, 1.82) is 0 Å². The number of hydrogen-bond acceptors (Lipinski definition) is 2. The molecule has 0 saturated heterocycles. The van der Waals surface area contributed by atoms with E-state index in [0.717, 1.165) is 17.0 Å². The highest BCUT2D eigenvalue weighted by Crippen LogP contribution is 2.24. The monoisotopic (exact) mass is 217 g/mol. The van der Waals surface area contributed by atoms with Gasteiger partial charge in [0, 0.05) is 11.7 Å². The van der Waals surface area contributed by atoms with E-state index in [-0.39, 0.29) is 6.04 Å². The van der Waals surface area contributed by atoms with E-state index in [4.69, 9.17) is 5.73 Å². The van der Waals surface area contributed by atoms with Crippen molar-refractivity contribution in [3.63, 3.8) is 0 Å². The summed E-state index contributed by atoms with van der Waals surface area (Å²) in [6, 6.07) is 6.18. The van der Waals surface area contributed by atoms with Crippen molar-refractivity contribution in [2.24, 2.45) is 11.7 Å². The number of hydrogen-bond donors (Lipinski definition) is 1. The number of rotatable bonds is 2. The van der Waals surface area contributed by atoms with Gasteiger partial charge in [0.15, 0.2) is 0 Å². The second-order valence-corrected chi connectivity index (χ2v) is 4.71. The third kappa shape index (κ3) is 1.61. The van der Waals surface area contributed by atoms with E-state index in [1.54, 1.807) is 0 Å². The fourth-order valence-electron chi connectivity index (χ4n) is 2.10. The lowest BCUT2D eigenvalue weighted by Crippen LogP contribution is -2.20. The van der Waals surface area contributed by atoms with Crippen molar-refractivity contribution in [2.45, 2.75) is 33.7 Å². The first-order valence-electron chi connectivity index (χ1n) is 5.72. The van der Waals surface area contributed by atoms with E-state index in [0.29, 0.717) is 5.92 Å². The molecule has 86 valence electrons. The Kier molecular flexibility index (Phi) is 2.72. The van der Waals surface area contributed by atoms with Gasteiger partial charge in [-0.3, -0.25) is 4.40 Å². The number of fused-ring (bicyclic) bond motifs is 1. The Labute approximate surface area is 96.3 Å². The molecule has 2 heterocycles. The summed E-state index contributed by atoms with van der Waals surface area (Å²) in [6.45, 7) is 8.40. The van der Waals surface area contributed by atoms with Crippen LogP contribution in [0, 0.1) is 19.8 Å². The quantitative estimate of drug-likeness (QED) is 0.840. The Bertz CT molecular complexity index is 511. The number of aryl methyl sites for hydroxylation is 2. The largest absolute Gasteiger partial charge is 0.322 e. The first-order valence-corrected chi connectivity index (χ1v) is 5.72. The van der Waals surface area contributed by atoms with Crippen LogP contribution >= 0.6 is 0 Å². The molecule has 0 fully saturated rings. The summed E-state index contributed by atoms with van der Waals surface area (Å²) in [6.07, 6.45) is 0. The topological polar surface area (TPSA) is 43.3 Å². The molecular formula is C13H19N3. The molecule has 3 heteroatoms. The Morgan fingerprint density at radius 1 is 1.25 bits per heavy atom. The lowest BCUT2D eigenvalue weighted by Gasteiger charge is -2.17. The van der Waals surface area contributed by atoms with Gasteiger partial charge in [-0.15, -0.1) is 0 Å². The van der Waals surface area contributed by atoms with Crippen molar-refractivity contribution in [3.05, 3.63) is 35.3 Å². The van der Waals surface area contributed by atoms with Gasteiger partial charge in [-0.1, -0.05) is 19.9 Å². The van der Waals surface area contributed by atoms with E-state index in [9.17, 15) is 0 Å². The number of pyridine rings is 1. The van der Waals surface area contributed by atoms with E-state index in [2.05, 4.69) is 36.2 Å². The van der Waals surface area contributed by atoms with Crippen molar-refractivity contribution in [2.75, 3.05) is 0 Å². The molecule has 1 unspecified atom stereocenters. The molecule has 0 aliphatic rings. The molecule has 2 aromatic heterocycles. The fraction of sp³-hybridized carbons (Fsp3) is 0.462. The van der Waals surface area contributed by atoms with Crippen molar-refractivity contribution >= 4 is 5.65 Å².